The van der Waals surface area contributed by atoms with Crippen LogP contribution in [0.4, 0.5) is 11.6 Å². The van der Waals surface area contributed by atoms with Gasteiger partial charge in [-0.05, 0) is 43.4 Å². The lowest BCUT2D eigenvalue weighted by atomic mass is 9.96. The first-order valence-electron chi connectivity index (χ1n) is 12.2. The quantitative estimate of drug-likeness (QED) is 0.580. The van der Waals surface area contributed by atoms with Crippen LogP contribution in [0.1, 0.15) is 50.2 Å². The maximum absolute atomic E-state index is 13.8. The summed E-state index contributed by atoms with van der Waals surface area (Å²) in [6, 6.07) is 8.41. The molecular weight excluding hydrogens is 452 g/mol. The minimum Gasteiger partial charge on any atom is -0.374 e. The number of nitrogens with zero attached hydrogens (tertiary/aromatic N) is 4. The highest BCUT2D eigenvalue weighted by atomic mass is 35.5. The van der Waals surface area contributed by atoms with Gasteiger partial charge in [0.15, 0.2) is 0 Å². The van der Waals surface area contributed by atoms with Crippen LogP contribution in [-0.4, -0.2) is 69.9 Å². The lowest BCUT2D eigenvalue weighted by Crippen LogP contribution is -2.57. The molecule has 5 rings (SSSR count). The fourth-order valence-electron chi connectivity index (χ4n) is 5.54. The summed E-state index contributed by atoms with van der Waals surface area (Å²) in [6.07, 6.45) is 4.48. The topological polar surface area (TPSA) is 93.6 Å². The van der Waals surface area contributed by atoms with Crippen molar-refractivity contribution >= 4 is 29.1 Å². The lowest BCUT2D eigenvalue weighted by molar-refractivity contribution is -0.133. The van der Waals surface area contributed by atoms with Gasteiger partial charge in [-0.15, -0.1) is 0 Å². The SMILES string of the molecule is CC(C)NC[C@@H](C(=O)N1CC2CCC(C1)N2c1ncnc2c1CCC(O)N2)c1ccc(Cl)cc1. The number of aliphatic hydroxyl groups excluding tert-OH is 1. The number of anilines is 2. The van der Waals surface area contributed by atoms with Crippen LogP contribution in [0.5, 0.6) is 0 Å². The summed E-state index contributed by atoms with van der Waals surface area (Å²) in [5.74, 6) is 1.61. The molecule has 1 amide bonds. The van der Waals surface area contributed by atoms with Crippen molar-refractivity contribution < 1.29 is 9.90 Å². The number of aromatic nitrogens is 2. The van der Waals surface area contributed by atoms with Gasteiger partial charge in [-0.1, -0.05) is 37.6 Å². The van der Waals surface area contributed by atoms with Gasteiger partial charge in [-0.2, -0.15) is 0 Å². The fourth-order valence-corrected chi connectivity index (χ4v) is 5.66. The van der Waals surface area contributed by atoms with Gasteiger partial charge in [0.05, 0.1) is 5.92 Å². The van der Waals surface area contributed by atoms with Crippen molar-refractivity contribution in [1.82, 2.24) is 20.2 Å². The molecule has 2 saturated heterocycles. The Kier molecular flexibility index (Phi) is 6.64. The molecule has 4 heterocycles. The Hall–Kier alpha value is -2.42. The standard InChI is InChI=1S/C25H33ClN6O2/c1-15(2)27-11-21(16-3-5-17(26)6-4-16)25(34)31-12-18-7-8-19(13-31)32(18)24-20-9-10-22(33)30-23(20)28-14-29-24/h3-6,14-15,18-19,21-22,27,33H,7-13H2,1-2H3,(H,28,29,30)/t18?,19?,21-,22?/m1/s1. The molecule has 0 saturated carbocycles. The molecule has 3 aliphatic heterocycles. The van der Waals surface area contributed by atoms with Gasteiger partial charge < -0.3 is 25.5 Å². The minimum atomic E-state index is -0.564. The van der Waals surface area contributed by atoms with E-state index < -0.39 is 6.23 Å². The number of piperazine rings is 1. The van der Waals surface area contributed by atoms with E-state index >= 15 is 0 Å². The number of carbonyl (C=O) groups is 1. The molecule has 3 unspecified atom stereocenters. The summed E-state index contributed by atoms with van der Waals surface area (Å²) in [5.41, 5.74) is 2.07. The molecule has 2 fully saturated rings. The van der Waals surface area contributed by atoms with Gasteiger partial charge in [0.1, 0.15) is 24.2 Å². The molecular formula is C25H33ClN6O2. The predicted molar refractivity (Wildman–Crippen MR) is 133 cm³/mol. The van der Waals surface area contributed by atoms with E-state index in [1.807, 2.05) is 24.3 Å². The van der Waals surface area contributed by atoms with E-state index in [2.05, 4.69) is 44.2 Å². The van der Waals surface area contributed by atoms with Crippen molar-refractivity contribution in [3.8, 4) is 0 Å². The molecule has 0 spiro atoms. The van der Waals surface area contributed by atoms with Gasteiger partial charge in [0.2, 0.25) is 5.91 Å². The van der Waals surface area contributed by atoms with Crippen LogP contribution < -0.4 is 15.5 Å². The van der Waals surface area contributed by atoms with E-state index in [0.29, 0.717) is 37.1 Å². The summed E-state index contributed by atoms with van der Waals surface area (Å²) in [4.78, 5) is 27.3. The van der Waals surface area contributed by atoms with Crippen molar-refractivity contribution in [3.05, 3.63) is 46.7 Å². The molecule has 0 aliphatic carbocycles. The van der Waals surface area contributed by atoms with E-state index in [1.54, 1.807) is 6.33 Å². The van der Waals surface area contributed by atoms with Crippen molar-refractivity contribution in [2.24, 2.45) is 0 Å². The Morgan fingerprint density at radius 3 is 2.56 bits per heavy atom. The predicted octanol–water partition coefficient (Wildman–Crippen LogP) is 2.77. The molecule has 4 atom stereocenters. The Morgan fingerprint density at radius 1 is 1.18 bits per heavy atom. The van der Waals surface area contributed by atoms with Gasteiger partial charge in [0.25, 0.3) is 0 Å². The lowest BCUT2D eigenvalue weighted by Gasteiger charge is -2.43. The number of carbonyl (C=O) groups excluding carboxylic acids is 1. The molecule has 9 heteroatoms. The summed E-state index contributed by atoms with van der Waals surface area (Å²) in [6.45, 7) is 6.17. The van der Waals surface area contributed by atoms with Crippen LogP contribution in [-0.2, 0) is 11.2 Å². The molecule has 3 aliphatic rings. The normalized spacial score (nSPS) is 24.7. The third-order valence-electron chi connectivity index (χ3n) is 7.23. The number of amides is 1. The molecule has 8 nitrogen and oxygen atoms in total. The van der Waals surface area contributed by atoms with Gasteiger partial charge in [-0.3, -0.25) is 4.79 Å². The average Bonchev–Trinajstić information content (AvgIpc) is 3.07. The zero-order chi connectivity index (χ0) is 23.8. The Bertz CT molecular complexity index is 1020. The highest BCUT2D eigenvalue weighted by Crippen LogP contribution is 2.39. The summed E-state index contributed by atoms with van der Waals surface area (Å²) >= 11 is 6.11. The number of rotatable bonds is 6. The number of likely N-dealkylation sites (tertiary alicyclic amines) is 1. The first-order valence-corrected chi connectivity index (χ1v) is 12.6. The molecule has 0 radical (unpaired) electrons. The van der Waals surface area contributed by atoms with E-state index in [4.69, 9.17) is 11.6 Å². The van der Waals surface area contributed by atoms with Crippen molar-refractivity contribution in [1.29, 1.82) is 0 Å². The first-order chi connectivity index (χ1) is 16.4. The van der Waals surface area contributed by atoms with E-state index in [-0.39, 0.29) is 23.9 Å². The number of benzene rings is 1. The minimum absolute atomic E-state index is 0.168. The van der Waals surface area contributed by atoms with Crippen LogP contribution in [0.2, 0.25) is 5.02 Å². The number of hydrogen-bond donors (Lipinski definition) is 3. The third kappa shape index (κ3) is 4.59. The zero-order valence-corrected chi connectivity index (χ0v) is 20.5. The molecule has 34 heavy (non-hydrogen) atoms. The summed E-state index contributed by atoms with van der Waals surface area (Å²) < 4.78 is 0. The van der Waals surface area contributed by atoms with E-state index in [0.717, 1.165) is 42.0 Å². The van der Waals surface area contributed by atoms with E-state index in [9.17, 15) is 9.90 Å². The number of aliphatic hydroxyl groups is 1. The van der Waals surface area contributed by atoms with Gasteiger partial charge in [-0.25, -0.2) is 9.97 Å². The van der Waals surface area contributed by atoms with Crippen LogP contribution >= 0.6 is 11.6 Å². The molecule has 3 N–H and O–H groups in total. The molecule has 1 aromatic heterocycles. The maximum atomic E-state index is 13.8. The molecule has 2 aromatic rings. The second-order valence-corrected chi connectivity index (χ2v) is 10.4. The number of hydrogen-bond acceptors (Lipinski definition) is 7. The zero-order valence-electron chi connectivity index (χ0n) is 19.7. The summed E-state index contributed by atoms with van der Waals surface area (Å²) in [5, 5.41) is 17.2. The largest absolute Gasteiger partial charge is 0.374 e. The highest BCUT2D eigenvalue weighted by molar-refractivity contribution is 6.30. The molecule has 2 bridgehead atoms. The Morgan fingerprint density at radius 2 is 1.88 bits per heavy atom. The second kappa shape index (κ2) is 9.68. The fraction of sp³-hybridized carbons (Fsp3) is 0.560. The smallest absolute Gasteiger partial charge is 0.231 e. The van der Waals surface area contributed by atoms with Crippen LogP contribution in [0.25, 0.3) is 0 Å². The third-order valence-corrected chi connectivity index (χ3v) is 7.48. The molecule has 182 valence electrons. The average molecular weight is 485 g/mol. The van der Waals surface area contributed by atoms with Crippen molar-refractivity contribution in [2.45, 2.75) is 69.8 Å². The second-order valence-electron chi connectivity index (χ2n) is 9.93. The van der Waals surface area contributed by atoms with E-state index in [1.165, 1.54) is 0 Å². The van der Waals surface area contributed by atoms with Crippen molar-refractivity contribution in [2.75, 3.05) is 29.9 Å². The maximum Gasteiger partial charge on any atom is 0.231 e. The Balaban J connectivity index is 1.36. The van der Waals surface area contributed by atoms with Crippen molar-refractivity contribution in [3.63, 3.8) is 0 Å². The van der Waals surface area contributed by atoms with Crippen LogP contribution in [0.15, 0.2) is 30.6 Å². The van der Waals surface area contributed by atoms with Crippen LogP contribution in [0.3, 0.4) is 0 Å². The number of nitrogens with one attached hydrogen (secondary N) is 2. The van der Waals surface area contributed by atoms with Gasteiger partial charge in [0, 0.05) is 48.3 Å². The van der Waals surface area contributed by atoms with Crippen LogP contribution in [0, 0.1) is 0 Å². The summed E-state index contributed by atoms with van der Waals surface area (Å²) in [7, 11) is 0. The highest BCUT2D eigenvalue weighted by Gasteiger charge is 2.44. The Labute approximate surface area is 205 Å². The monoisotopic (exact) mass is 484 g/mol. The first kappa shape index (κ1) is 23.3. The number of halogens is 1. The van der Waals surface area contributed by atoms with Gasteiger partial charge >= 0.3 is 0 Å². The molecule has 1 aromatic carbocycles. The number of fused-ring (bicyclic) bond motifs is 3.